The van der Waals surface area contributed by atoms with E-state index in [4.69, 9.17) is 4.74 Å². The molecule has 2 heterocycles. The summed E-state index contributed by atoms with van der Waals surface area (Å²) in [7, 11) is 1.58. The highest BCUT2D eigenvalue weighted by atomic mass is 16.5. The Morgan fingerprint density at radius 3 is 2.65 bits per heavy atom. The molecule has 1 aromatic carbocycles. The van der Waals surface area contributed by atoms with Gasteiger partial charge in [-0.2, -0.15) is 0 Å². The Morgan fingerprint density at radius 1 is 1.23 bits per heavy atom. The fourth-order valence-electron chi connectivity index (χ4n) is 4.07. The van der Waals surface area contributed by atoms with Crippen molar-refractivity contribution in [3.63, 3.8) is 0 Å². The van der Waals surface area contributed by atoms with E-state index in [-0.39, 0.29) is 35.6 Å². The van der Waals surface area contributed by atoms with Crippen LogP contribution in [0.25, 0.3) is 10.9 Å². The van der Waals surface area contributed by atoms with E-state index in [1.807, 2.05) is 39.0 Å². The first-order chi connectivity index (χ1) is 14.8. The monoisotopic (exact) mass is 428 g/mol. The zero-order chi connectivity index (χ0) is 22.5. The van der Waals surface area contributed by atoms with Gasteiger partial charge in [-0.1, -0.05) is 19.9 Å². The Balaban J connectivity index is 1.68. The molecule has 0 bridgehead atoms. The van der Waals surface area contributed by atoms with Crippen molar-refractivity contribution in [1.82, 2.24) is 20.9 Å². The molecule has 0 spiro atoms. The fourth-order valence-corrected chi connectivity index (χ4v) is 4.07. The number of hydrogen-bond donors (Lipinski definition) is 4. The van der Waals surface area contributed by atoms with Crippen LogP contribution in [-0.2, 0) is 9.59 Å². The van der Waals surface area contributed by atoms with Gasteiger partial charge in [-0.05, 0) is 50.3 Å². The van der Waals surface area contributed by atoms with Gasteiger partial charge >= 0.3 is 0 Å². The van der Waals surface area contributed by atoms with Crippen LogP contribution in [-0.4, -0.2) is 48.4 Å². The Kier molecular flexibility index (Phi) is 7.20. The molecule has 0 radical (unpaired) electrons. The zero-order valence-electron chi connectivity index (χ0n) is 18.6. The molecule has 3 rings (SSSR count). The SMILES string of the molecule is COc1cccc2[nH]c(C(=O)N[C@@H](CC(C)C)C(=O)NC(C)C[C@@H]3CCNC3=O)cc12. The van der Waals surface area contributed by atoms with E-state index in [2.05, 4.69) is 20.9 Å². The van der Waals surface area contributed by atoms with E-state index in [0.29, 0.717) is 30.8 Å². The first-order valence-corrected chi connectivity index (χ1v) is 10.8. The van der Waals surface area contributed by atoms with Gasteiger partial charge in [0.15, 0.2) is 0 Å². The van der Waals surface area contributed by atoms with E-state index in [0.717, 1.165) is 17.3 Å². The summed E-state index contributed by atoms with van der Waals surface area (Å²) in [6, 6.07) is 6.45. The molecule has 1 fully saturated rings. The Morgan fingerprint density at radius 2 is 2.00 bits per heavy atom. The van der Waals surface area contributed by atoms with Crippen molar-refractivity contribution < 1.29 is 19.1 Å². The van der Waals surface area contributed by atoms with Crippen molar-refractivity contribution in [3.05, 3.63) is 30.0 Å². The van der Waals surface area contributed by atoms with Gasteiger partial charge in [0.2, 0.25) is 11.8 Å². The maximum Gasteiger partial charge on any atom is 0.268 e. The van der Waals surface area contributed by atoms with Crippen LogP contribution >= 0.6 is 0 Å². The van der Waals surface area contributed by atoms with Crippen LogP contribution in [0.15, 0.2) is 24.3 Å². The van der Waals surface area contributed by atoms with Crippen molar-refractivity contribution in [3.8, 4) is 5.75 Å². The van der Waals surface area contributed by atoms with Crippen LogP contribution in [0.1, 0.15) is 50.5 Å². The number of aromatic nitrogens is 1. The van der Waals surface area contributed by atoms with E-state index < -0.39 is 6.04 Å². The number of hydrogen-bond acceptors (Lipinski definition) is 4. The summed E-state index contributed by atoms with van der Waals surface area (Å²) in [4.78, 5) is 40.7. The van der Waals surface area contributed by atoms with E-state index in [1.54, 1.807) is 13.2 Å². The van der Waals surface area contributed by atoms with E-state index >= 15 is 0 Å². The topological polar surface area (TPSA) is 112 Å². The molecule has 3 amide bonds. The van der Waals surface area contributed by atoms with Crippen LogP contribution in [0, 0.1) is 11.8 Å². The standard InChI is InChI=1S/C23H32N4O4/c1-13(2)10-18(22(29)25-14(3)11-15-8-9-24-21(15)28)27-23(30)19-12-16-17(26-19)6-5-7-20(16)31-4/h5-7,12-15,18,26H,8-11H2,1-4H3,(H,24,28)(H,25,29)(H,27,30)/t14?,15-,18-/m0/s1. The Hall–Kier alpha value is -3.03. The molecule has 1 aliphatic heterocycles. The molecule has 1 unspecified atom stereocenters. The Labute approximate surface area is 182 Å². The normalized spacial score (nSPS) is 18.0. The summed E-state index contributed by atoms with van der Waals surface area (Å²) in [5.74, 6) is 0.282. The Bertz CT molecular complexity index is 952. The second kappa shape index (κ2) is 9.85. The van der Waals surface area contributed by atoms with Gasteiger partial charge in [0.05, 0.1) is 7.11 Å². The van der Waals surface area contributed by atoms with Crippen LogP contribution in [0.2, 0.25) is 0 Å². The summed E-state index contributed by atoms with van der Waals surface area (Å²) in [6.45, 7) is 6.59. The number of fused-ring (bicyclic) bond motifs is 1. The molecule has 0 aliphatic carbocycles. The third-order valence-corrected chi connectivity index (χ3v) is 5.61. The van der Waals surface area contributed by atoms with Gasteiger partial charge in [0.1, 0.15) is 17.5 Å². The zero-order valence-corrected chi connectivity index (χ0v) is 18.6. The fraction of sp³-hybridized carbons (Fsp3) is 0.522. The molecular weight excluding hydrogens is 396 g/mol. The third-order valence-electron chi connectivity index (χ3n) is 5.61. The minimum atomic E-state index is -0.666. The molecular formula is C23H32N4O4. The summed E-state index contributed by atoms with van der Waals surface area (Å²) >= 11 is 0. The molecule has 3 atom stereocenters. The molecule has 1 aromatic heterocycles. The van der Waals surface area contributed by atoms with E-state index in [1.165, 1.54) is 0 Å². The highest BCUT2D eigenvalue weighted by molar-refractivity contribution is 6.01. The highest BCUT2D eigenvalue weighted by Gasteiger charge is 2.28. The number of benzene rings is 1. The molecule has 8 nitrogen and oxygen atoms in total. The van der Waals surface area contributed by atoms with Crippen LogP contribution in [0.3, 0.4) is 0 Å². The van der Waals surface area contributed by atoms with Crippen LogP contribution in [0.5, 0.6) is 5.75 Å². The first kappa shape index (κ1) is 22.7. The average Bonchev–Trinajstić information content (AvgIpc) is 3.33. The summed E-state index contributed by atoms with van der Waals surface area (Å²) in [5, 5.41) is 9.47. The number of amides is 3. The van der Waals surface area contributed by atoms with Gasteiger partial charge in [-0.25, -0.2) is 0 Å². The van der Waals surface area contributed by atoms with Crippen LogP contribution in [0.4, 0.5) is 0 Å². The lowest BCUT2D eigenvalue weighted by molar-refractivity contribution is -0.125. The summed E-state index contributed by atoms with van der Waals surface area (Å²) in [6.07, 6.45) is 1.88. The lowest BCUT2D eigenvalue weighted by atomic mass is 9.98. The summed E-state index contributed by atoms with van der Waals surface area (Å²) < 4.78 is 5.35. The quantitative estimate of drug-likeness (QED) is 0.491. The number of rotatable bonds is 9. The number of carbonyl (C=O) groups is 3. The second-order valence-corrected chi connectivity index (χ2v) is 8.68. The lowest BCUT2D eigenvalue weighted by Gasteiger charge is -2.23. The number of H-pyrrole nitrogens is 1. The predicted octanol–water partition coefficient (Wildman–Crippen LogP) is 2.35. The molecule has 1 aliphatic rings. The maximum absolute atomic E-state index is 12.9. The smallest absolute Gasteiger partial charge is 0.268 e. The molecule has 8 heteroatoms. The van der Waals surface area contributed by atoms with Crippen molar-refractivity contribution in [1.29, 1.82) is 0 Å². The van der Waals surface area contributed by atoms with Crippen molar-refractivity contribution >= 4 is 28.6 Å². The maximum atomic E-state index is 12.9. The summed E-state index contributed by atoms with van der Waals surface area (Å²) in [5.41, 5.74) is 1.16. The molecule has 0 saturated carbocycles. The van der Waals surface area contributed by atoms with Gasteiger partial charge < -0.3 is 25.7 Å². The first-order valence-electron chi connectivity index (χ1n) is 10.8. The minimum Gasteiger partial charge on any atom is -0.496 e. The van der Waals surface area contributed by atoms with E-state index in [9.17, 15) is 14.4 Å². The number of ether oxygens (including phenoxy) is 1. The average molecular weight is 429 g/mol. The molecule has 1 saturated heterocycles. The second-order valence-electron chi connectivity index (χ2n) is 8.68. The van der Waals surface area contributed by atoms with Gasteiger partial charge in [-0.3, -0.25) is 14.4 Å². The highest BCUT2D eigenvalue weighted by Crippen LogP contribution is 2.26. The van der Waals surface area contributed by atoms with Gasteiger partial charge in [0.25, 0.3) is 5.91 Å². The molecule has 2 aromatic rings. The predicted molar refractivity (Wildman–Crippen MR) is 119 cm³/mol. The van der Waals surface area contributed by atoms with Gasteiger partial charge in [0, 0.05) is 29.4 Å². The van der Waals surface area contributed by atoms with Crippen LogP contribution < -0.4 is 20.7 Å². The van der Waals surface area contributed by atoms with Crippen molar-refractivity contribution in [2.24, 2.45) is 11.8 Å². The number of methoxy groups -OCH3 is 1. The molecule has 31 heavy (non-hydrogen) atoms. The number of aromatic amines is 1. The van der Waals surface area contributed by atoms with Gasteiger partial charge in [-0.15, -0.1) is 0 Å². The lowest BCUT2D eigenvalue weighted by Crippen LogP contribution is -2.50. The third kappa shape index (κ3) is 5.57. The van der Waals surface area contributed by atoms with Crippen molar-refractivity contribution in [2.45, 2.75) is 52.1 Å². The number of carbonyl (C=O) groups excluding carboxylic acids is 3. The molecule has 4 N–H and O–H groups in total. The van der Waals surface area contributed by atoms with Crippen molar-refractivity contribution in [2.75, 3.05) is 13.7 Å². The molecule has 168 valence electrons. The minimum absolute atomic E-state index is 0.0439. The number of nitrogens with one attached hydrogen (secondary N) is 4. The largest absolute Gasteiger partial charge is 0.496 e.